The van der Waals surface area contributed by atoms with Gasteiger partial charge in [0, 0.05) is 12.3 Å². The first-order valence-electron chi connectivity index (χ1n) is 8.64. The van der Waals surface area contributed by atoms with Crippen molar-refractivity contribution in [1.29, 1.82) is 0 Å². The van der Waals surface area contributed by atoms with E-state index in [0.29, 0.717) is 32.7 Å². The summed E-state index contributed by atoms with van der Waals surface area (Å²) in [6.07, 6.45) is 1.08. The molecule has 0 heterocycles. The van der Waals surface area contributed by atoms with Crippen molar-refractivity contribution in [1.82, 2.24) is 0 Å². The molecule has 25 heavy (non-hydrogen) atoms. The summed E-state index contributed by atoms with van der Waals surface area (Å²) in [5.41, 5.74) is 2.28. The maximum absolute atomic E-state index is 11.7. The molecule has 0 saturated heterocycles. The zero-order chi connectivity index (χ0) is 17.9. The van der Waals surface area contributed by atoms with Crippen LogP contribution in [0.5, 0.6) is 5.75 Å². The molecule has 4 nitrogen and oxygen atoms in total. The van der Waals surface area contributed by atoms with Crippen LogP contribution in [0.2, 0.25) is 0 Å². The number of carbonyl (C=O) groups is 1. The molecule has 2 aromatic carbocycles. The quantitative estimate of drug-likeness (QED) is 0.603. The van der Waals surface area contributed by atoms with E-state index in [1.165, 1.54) is 0 Å². The second-order valence-corrected chi connectivity index (χ2v) is 5.81. The number of carbonyl (C=O) groups excluding carboxylic acids is 1. The van der Waals surface area contributed by atoms with Gasteiger partial charge in [-0.1, -0.05) is 42.5 Å². The van der Waals surface area contributed by atoms with E-state index in [0.717, 1.165) is 16.9 Å². The highest BCUT2D eigenvalue weighted by atomic mass is 16.5. The third kappa shape index (κ3) is 6.59. The van der Waals surface area contributed by atoms with Gasteiger partial charge in [-0.25, -0.2) is 0 Å². The topological polar surface area (TPSA) is 44.8 Å². The first-order valence-corrected chi connectivity index (χ1v) is 8.64. The van der Waals surface area contributed by atoms with Crippen LogP contribution in [0.4, 0.5) is 0 Å². The lowest BCUT2D eigenvalue weighted by Crippen LogP contribution is -2.12. The van der Waals surface area contributed by atoms with Crippen LogP contribution in [0.25, 0.3) is 0 Å². The summed E-state index contributed by atoms with van der Waals surface area (Å²) in [5.74, 6) is 0.793. The van der Waals surface area contributed by atoms with Crippen LogP contribution in [0.15, 0.2) is 54.6 Å². The molecule has 0 saturated carbocycles. The number of hydrogen-bond donors (Lipinski definition) is 0. The lowest BCUT2D eigenvalue weighted by Gasteiger charge is -2.18. The average molecular weight is 342 g/mol. The third-order valence-corrected chi connectivity index (χ3v) is 4.02. The van der Waals surface area contributed by atoms with Crippen LogP contribution in [-0.4, -0.2) is 26.3 Å². The van der Waals surface area contributed by atoms with E-state index >= 15 is 0 Å². The molecule has 0 radical (unpaired) electrons. The molecule has 0 aliphatic carbocycles. The van der Waals surface area contributed by atoms with Crippen molar-refractivity contribution in [2.75, 3.05) is 20.3 Å². The largest absolute Gasteiger partial charge is 0.497 e. The van der Waals surface area contributed by atoms with Crippen LogP contribution in [0, 0.1) is 0 Å². The number of benzene rings is 2. The van der Waals surface area contributed by atoms with Gasteiger partial charge < -0.3 is 14.2 Å². The maximum atomic E-state index is 11.7. The zero-order valence-electron chi connectivity index (χ0n) is 14.9. The number of esters is 1. The molecule has 1 atom stereocenters. The van der Waals surface area contributed by atoms with E-state index in [2.05, 4.69) is 0 Å². The van der Waals surface area contributed by atoms with E-state index in [1.807, 2.05) is 61.5 Å². The molecule has 0 unspecified atom stereocenters. The van der Waals surface area contributed by atoms with E-state index < -0.39 is 0 Å². The number of rotatable bonds is 10. The highest BCUT2D eigenvalue weighted by molar-refractivity contribution is 5.69. The average Bonchev–Trinajstić information content (AvgIpc) is 2.66. The standard InChI is InChI=1S/C21H26O4/c1-3-25-21(22)14-11-19(18-9-12-20(23-2)13-10-18)16-24-15-17-7-5-4-6-8-17/h4-10,12-13,19H,3,11,14-16H2,1-2H3/t19-/m1/s1. The summed E-state index contributed by atoms with van der Waals surface area (Å²) >= 11 is 0. The van der Waals surface area contributed by atoms with Gasteiger partial charge in [0.2, 0.25) is 0 Å². The van der Waals surface area contributed by atoms with Crippen molar-refractivity contribution < 1.29 is 19.0 Å². The predicted molar refractivity (Wildman–Crippen MR) is 97.7 cm³/mol. The van der Waals surface area contributed by atoms with E-state index in [-0.39, 0.29) is 11.9 Å². The summed E-state index contributed by atoms with van der Waals surface area (Å²) in [6, 6.07) is 18.0. The number of hydrogen-bond acceptors (Lipinski definition) is 4. The van der Waals surface area contributed by atoms with Gasteiger partial charge in [0.15, 0.2) is 0 Å². The number of ether oxygens (including phenoxy) is 3. The Morgan fingerprint density at radius 2 is 1.76 bits per heavy atom. The van der Waals surface area contributed by atoms with Crippen molar-refractivity contribution in [2.24, 2.45) is 0 Å². The SMILES string of the molecule is CCOC(=O)CC[C@H](COCc1ccccc1)c1ccc(OC)cc1. The van der Waals surface area contributed by atoms with Crippen LogP contribution in [-0.2, 0) is 20.9 Å². The van der Waals surface area contributed by atoms with Gasteiger partial charge in [-0.2, -0.15) is 0 Å². The Labute approximate surface area is 149 Å². The smallest absolute Gasteiger partial charge is 0.305 e. The van der Waals surface area contributed by atoms with Gasteiger partial charge in [-0.3, -0.25) is 4.79 Å². The summed E-state index contributed by atoms with van der Waals surface area (Å²) in [4.78, 5) is 11.7. The van der Waals surface area contributed by atoms with Gasteiger partial charge in [-0.15, -0.1) is 0 Å². The van der Waals surface area contributed by atoms with Gasteiger partial charge in [0.1, 0.15) is 5.75 Å². The molecule has 0 amide bonds. The summed E-state index contributed by atoms with van der Waals surface area (Å²) in [6.45, 7) is 3.35. The monoisotopic (exact) mass is 342 g/mol. The molecule has 0 aromatic heterocycles. The van der Waals surface area contributed by atoms with Crippen LogP contribution in [0.3, 0.4) is 0 Å². The van der Waals surface area contributed by atoms with Crippen molar-refractivity contribution >= 4 is 5.97 Å². The number of methoxy groups -OCH3 is 1. The minimum absolute atomic E-state index is 0.138. The van der Waals surface area contributed by atoms with E-state index in [9.17, 15) is 4.79 Å². The van der Waals surface area contributed by atoms with Crippen molar-refractivity contribution in [3.63, 3.8) is 0 Å². The first-order chi connectivity index (χ1) is 12.2. The van der Waals surface area contributed by atoms with Gasteiger partial charge in [-0.05, 0) is 36.6 Å². The Bertz CT molecular complexity index is 622. The molecule has 0 aliphatic heterocycles. The Morgan fingerprint density at radius 1 is 1.04 bits per heavy atom. The Morgan fingerprint density at radius 3 is 2.40 bits per heavy atom. The van der Waals surface area contributed by atoms with Crippen molar-refractivity contribution in [2.45, 2.75) is 32.3 Å². The van der Waals surface area contributed by atoms with Crippen LogP contribution < -0.4 is 4.74 Å². The second kappa shape index (κ2) is 10.5. The fourth-order valence-corrected chi connectivity index (χ4v) is 2.64. The predicted octanol–water partition coefficient (Wildman–Crippen LogP) is 4.34. The fraction of sp³-hybridized carbons (Fsp3) is 0.381. The van der Waals surface area contributed by atoms with Crippen LogP contribution >= 0.6 is 0 Å². The normalized spacial score (nSPS) is 11.8. The molecule has 0 fully saturated rings. The zero-order valence-corrected chi connectivity index (χ0v) is 14.9. The van der Waals surface area contributed by atoms with E-state index in [1.54, 1.807) is 7.11 Å². The molecule has 2 aromatic rings. The third-order valence-electron chi connectivity index (χ3n) is 4.02. The molecule has 0 aliphatic rings. The Hall–Kier alpha value is -2.33. The molecule has 4 heteroatoms. The van der Waals surface area contributed by atoms with Crippen LogP contribution in [0.1, 0.15) is 36.8 Å². The second-order valence-electron chi connectivity index (χ2n) is 5.81. The van der Waals surface area contributed by atoms with E-state index in [4.69, 9.17) is 14.2 Å². The summed E-state index contributed by atoms with van der Waals surface area (Å²) in [7, 11) is 1.65. The lowest BCUT2D eigenvalue weighted by atomic mass is 9.95. The summed E-state index contributed by atoms with van der Waals surface area (Å²) < 4.78 is 16.2. The lowest BCUT2D eigenvalue weighted by molar-refractivity contribution is -0.143. The molecule has 0 spiro atoms. The van der Waals surface area contributed by atoms with Crippen molar-refractivity contribution in [3.8, 4) is 5.75 Å². The highest BCUT2D eigenvalue weighted by Crippen LogP contribution is 2.25. The fourth-order valence-electron chi connectivity index (χ4n) is 2.64. The highest BCUT2D eigenvalue weighted by Gasteiger charge is 2.15. The van der Waals surface area contributed by atoms with Gasteiger partial charge in [0.05, 0.1) is 26.9 Å². The minimum atomic E-state index is -0.163. The Balaban J connectivity index is 1.96. The molecule has 134 valence electrons. The molecule has 2 rings (SSSR count). The van der Waals surface area contributed by atoms with Gasteiger partial charge >= 0.3 is 5.97 Å². The van der Waals surface area contributed by atoms with Gasteiger partial charge in [0.25, 0.3) is 0 Å². The molecular weight excluding hydrogens is 316 g/mol. The maximum Gasteiger partial charge on any atom is 0.305 e. The molecule has 0 N–H and O–H groups in total. The summed E-state index contributed by atoms with van der Waals surface area (Å²) in [5, 5.41) is 0. The first kappa shape index (κ1) is 19.0. The minimum Gasteiger partial charge on any atom is -0.497 e. The molecular formula is C21H26O4. The van der Waals surface area contributed by atoms with Crippen molar-refractivity contribution in [3.05, 3.63) is 65.7 Å². The Kier molecular flexibility index (Phi) is 7.99. The molecule has 0 bridgehead atoms.